The molecule has 0 saturated heterocycles. The summed E-state index contributed by atoms with van der Waals surface area (Å²) in [6, 6.07) is 8.92. The van der Waals surface area contributed by atoms with Gasteiger partial charge in [-0.25, -0.2) is 4.79 Å². The second-order valence-electron chi connectivity index (χ2n) is 2.81. The number of rotatable bonds is 2. The van der Waals surface area contributed by atoms with Crippen LogP contribution < -0.4 is 11.1 Å². The second-order valence-corrected chi connectivity index (χ2v) is 3.56. The third kappa shape index (κ3) is 2.10. The molecule has 1 aromatic carbocycles. The van der Waals surface area contributed by atoms with Crippen LogP contribution in [0.25, 0.3) is 10.4 Å². The Morgan fingerprint density at radius 1 is 1.33 bits per heavy atom. The van der Waals surface area contributed by atoms with Gasteiger partial charge in [0, 0.05) is 0 Å². The summed E-state index contributed by atoms with van der Waals surface area (Å²) in [5.74, 6) is 0.402. The van der Waals surface area contributed by atoms with Crippen molar-refractivity contribution in [1.29, 1.82) is 0 Å². The van der Waals surface area contributed by atoms with Gasteiger partial charge in [-0.2, -0.15) is 0 Å². The normalized spacial score (nSPS) is 9.87. The Labute approximate surface area is 90.1 Å². The number of amides is 2. The molecule has 0 radical (unpaired) electrons. The predicted molar refractivity (Wildman–Crippen MR) is 58.6 cm³/mol. The molecule has 5 nitrogen and oxygen atoms in total. The summed E-state index contributed by atoms with van der Waals surface area (Å²) < 4.78 is 3.77. The Balaban J connectivity index is 2.37. The predicted octanol–water partition coefficient (Wildman–Crippen LogP) is 1.70. The first kappa shape index (κ1) is 9.60. The van der Waals surface area contributed by atoms with Gasteiger partial charge in [-0.1, -0.05) is 34.8 Å². The van der Waals surface area contributed by atoms with E-state index in [0.29, 0.717) is 5.82 Å². The van der Waals surface area contributed by atoms with Gasteiger partial charge in [0.25, 0.3) is 0 Å². The lowest BCUT2D eigenvalue weighted by Crippen LogP contribution is -2.19. The van der Waals surface area contributed by atoms with E-state index in [1.54, 1.807) is 0 Å². The molecule has 0 saturated carbocycles. The van der Waals surface area contributed by atoms with Crippen LogP contribution >= 0.6 is 11.5 Å². The zero-order chi connectivity index (χ0) is 10.7. The average molecular weight is 220 g/mol. The summed E-state index contributed by atoms with van der Waals surface area (Å²) in [6.45, 7) is 0. The number of carbonyl (C=O) groups is 1. The Kier molecular flexibility index (Phi) is 2.59. The van der Waals surface area contributed by atoms with Gasteiger partial charge in [-0.3, -0.25) is 5.32 Å². The highest BCUT2D eigenvalue weighted by molar-refractivity contribution is 7.10. The molecule has 3 N–H and O–H groups in total. The van der Waals surface area contributed by atoms with E-state index in [1.165, 1.54) is 11.5 Å². The van der Waals surface area contributed by atoms with Crippen molar-refractivity contribution in [2.45, 2.75) is 0 Å². The van der Waals surface area contributed by atoms with Crippen LogP contribution in [0.5, 0.6) is 0 Å². The average Bonchev–Trinajstić information content (AvgIpc) is 2.66. The molecular formula is C9H8N4OS. The van der Waals surface area contributed by atoms with Crippen molar-refractivity contribution in [2.24, 2.45) is 5.73 Å². The molecule has 2 aromatic rings. The van der Waals surface area contributed by atoms with E-state index in [0.717, 1.165) is 10.4 Å². The first-order chi connectivity index (χ1) is 7.27. The second kappa shape index (κ2) is 4.05. The molecule has 0 fully saturated rings. The fourth-order valence-corrected chi connectivity index (χ4v) is 1.79. The number of carbonyl (C=O) groups excluding carboxylic acids is 1. The number of nitrogens with one attached hydrogen (secondary N) is 1. The number of benzene rings is 1. The van der Waals surface area contributed by atoms with Gasteiger partial charge >= 0.3 is 6.03 Å². The number of aromatic nitrogens is 2. The van der Waals surface area contributed by atoms with E-state index in [4.69, 9.17) is 5.73 Å². The minimum absolute atomic E-state index is 0.402. The van der Waals surface area contributed by atoms with E-state index < -0.39 is 6.03 Å². The van der Waals surface area contributed by atoms with Crippen LogP contribution in [-0.4, -0.2) is 15.6 Å². The molecule has 0 bridgehead atoms. The van der Waals surface area contributed by atoms with Crippen LogP contribution in [0.3, 0.4) is 0 Å². The van der Waals surface area contributed by atoms with E-state index in [9.17, 15) is 4.79 Å². The van der Waals surface area contributed by atoms with Crippen molar-refractivity contribution < 1.29 is 4.79 Å². The maximum absolute atomic E-state index is 10.7. The number of hydrogen-bond acceptors (Lipinski definition) is 4. The molecule has 76 valence electrons. The highest BCUT2D eigenvalue weighted by atomic mass is 32.1. The van der Waals surface area contributed by atoms with Gasteiger partial charge in [0.15, 0.2) is 5.82 Å². The zero-order valence-electron chi connectivity index (χ0n) is 7.68. The van der Waals surface area contributed by atoms with Crippen LogP contribution in [0.4, 0.5) is 10.6 Å². The quantitative estimate of drug-likeness (QED) is 0.808. The first-order valence-electron chi connectivity index (χ1n) is 4.21. The van der Waals surface area contributed by atoms with Crippen LogP contribution in [0.1, 0.15) is 0 Å². The molecule has 0 aliphatic heterocycles. The molecule has 2 amide bonds. The molecule has 15 heavy (non-hydrogen) atoms. The third-order valence-electron chi connectivity index (χ3n) is 1.77. The molecule has 0 spiro atoms. The van der Waals surface area contributed by atoms with Crippen LogP contribution in [0.2, 0.25) is 0 Å². The van der Waals surface area contributed by atoms with Gasteiger partial charge < -0.3 is 5.73 Å². The molecule has 1 aromatic heterocycles. The van der Waals surface area contributed by atoms with Crippen molar-refractivity contribution in [2.75, 3.05) is 5.32 Å². The Bertz CT molecular complexity index is 468. The van der Waals surface area contributed by atoms with Crippen LogP contribution in [0.15, 0.2) is 30.3 Å². The lowest BCUT2D eigenvalue weighted by atomic mass is 10.2. The summed E-state index contributed by atoms with van der Waals surface area (Å²) in [5.41, 5.74) is 5.97. The van der Waals surface area contributed by atoms with Gasteiger partial charge in [-0.15, -0.1) is 5.10 Å². The Hall–Kier alpha value is -1.95. The number of urea groups is 1. The monoisotopic (exact) mass is 220 g/mol. The highest BCUT2D eigenvalue weighted by Gasteiger charge is 2.10. The van der Waals surface area contributed by atoms with E-state index in [2.05, 4.69) is 14.9 Å². The molecule has 2 rings (SSSR count). The van der Waals surface area contributed by atoms with E-state index >= 15 is 0 Å². The number of anilines is 1. The van der Waals surface area contributed by atoms with Gasteiger partial charge in [0.2, 0.25) is 0 Å². The lowest BCUT2D eigenvalue weighted by molar-refractivity contribution is 0.259. The van der Waals surface area contributed by atoms with Crippen LogP contribution in [-0.2, 0) is 0 Å². The molecule has 0 aliphatic carbocycles. The van der Waals surface area contributed by atoms with Crippen molar-refractivity contribution in [3.63, 3.8) is 0 Å². The molecule has 1 heterocycles. The number of nitrogens with two attached hydrogens (primary N) is 1. The standard InChI is InChI=1S/C9H8N4OS/c10-9(14)11-8-7(15-13-12-8)6-4-2-1-3-5-6/h1-5H,(H3,10,11,14). The first-order valence-corrected chi connectivity index (χ1v) is 4.99. The summed E-state index contributed by atoms with van der Waals surface area (Å²) in [4.78, 5) is 11.5. The molecule has 0 aliphatic rings. The SMILES string of the molecule is NC(=O)Nc1nnsc1-c1ccccc1. The maximum Gasteiger partial charge on any atom is 0.317 e. The van der Waals surface area contributed by atoms with Crippen molar-refractivity contribution in [3.05, 3.63) is 30.3 Å². The largest absolute Gasteiger partial charge is 0.351 e. The van der Waals surface area contributed by atoms with Gasteiger partial charge in [0.05, 0.1) is 4.88 Å². The molecular weight excluding hydrogens is 212 g/mol. The van der Waals surface area contributed by atoms with Crippen molar-refractivity contribution in [3.8, 4) is 10.4 Å². The minimum atomic E-state index is -0.639. The molecule has 6 heteroatoms. The fourth-order valence-electron chi connectivity index (χ4n) is 1.17. The number of primary amides is 1. The Morgan fingerprint density at radius 2 is 2.07 bits per heavy atom. The van der Waals surface area contributed by atoms with Gasteiger partial charge in [-0.05, 0) is 17.1 Å². The lowest BCUT2D eigenvalue weighted by Gasteiger charge is -2.00. The van der Waals surface area contributed by atoms with Gasteiger partial charge in [0.1, 0.15) is 0 Å². The molecule has 0 atom stereocenters. The van der Waals surface area contributed by atoms with Crippen molar-refractivity contribution >= 4 is 23.4 Å². The number of hydrogen-bond donors (Lipinski definition) is 2. The smallest absolute Gasteiger partial charge is 0.317 e. The summed E-state index contributed by atoms with van der Waals surface area (Å²) in [6.07, 6.45) is 0. The minimum Gasteiger partial charge on any atom is -0.351 e. The van der Waals surface area contributed by atoms with E-state index in [1.807, 2.05) is 30.3 Å². The fraction of sp³-hybridized carbons (Fsp3) is 0. The third-order valence-corrected chi connectivity index (χ3v) is 2.54. The van der Waals surface area contributed by atoms with Crippen LogP contribution in [0, 0.1) is 0 Å². The highest BCUT2D eigenvalue weighted by Crippen LogP contribution is 2.29. The topological polar surface area (TPSA) is 80.9 Å². The summed E-state index contributed by atoms with van der Waals surface area (Å²) in [7, 11) is 0. The summed E-state index contributed by atoms with van der Waals surface area (Å²) in [5, 5.41) is 6.22. The van der Waals surface area contributed by atoms with E-state index in [-0.39, 0.29) is 0 Å². The van der Waals surface area contributed by atoms with Crippen molar-refractivity contribution in [1.82, 2.24) is 9.59 Å². The number of nitrogens with zero attached hydrogens (tertiary/aromatic N) is 2. The maximum atomic E-state index is 10.7. The Morgan fingerprint density at radius 3 is 2.73 bits per heavy atom. The summed E-state index contributed by atoms with van der Waals surface area (Å²) >= 11 is 1.21. The zero-order valence-corrected chi connectivity index (χ0v) is 8.49. The molecule has 0 unspecified atom stereocenters.